The van der Waals surface area contributed by atoms with Crippen molar-refractivity contribution in [3.63, 3.8) is 0 Å². The van der Waals surface area contributed by atoms with Crippen LogP contribution in [0.3, 0.4) is 0 Å². The third-order valence-corrected chi connectivity index (χ3v) is 2.76. The molecule has 100 valence electrons. The van der Waals surface area contributed by atoms with Gasteiger partial charge in [-0.05, 0) is 31.0 Å². The molecule has 2 rings (SSSR count). The van der Waals surface area contributed by atoms with Crippen molar-refractivity contribution in [1.29, 1.82) is 0 Å². The second-order valence-electron chi connectivity index (χ2n) is 4.45. The van der Waals surface area contributed by atoms with E-state index in [4.69, 9.17) is 4.74 Å². The highest BCUT2D eigenvalue weighted by Gasteiger charge is 2.12. The van der Waals surface area contributed by atoms with Crippen LogP contribution in [0.25, 0.3) is 11.3 Å². The molecule has 1 aromatic heterocycles. The average molecular weight is 262 g/mol. The molecule has 19 heavy (non-hydrogen) atoms. The van der Waals surface area contributed by atoms with Gasteiger partial charge in [0.2, 0.25) is 0 Å². The van der Waals surface area contributed by atoms with Crippen LogP contribution in [0.5, 0.6) is 0 Å². The van der Waals surface area contributed by atoms with Gasteiger partial charge >= 0.3 is 0 Å². The second-order valence-corrected chi connectivity index (χ2v) is 4.45. The van der Waals surface area contributed by atoms with E-state index in [0.29, 0.717) is 17.1 Å². The van der Waals surface area contributed by atoms with Crippen LogP contribution in [-0.4, -0.2) is 17.1 Å². The Kier molecular flexibility index (Phi) is 3.76. The molecule has 0 radical (unpaired) electrons. The Labute approximate surface area is 110 Å². The topological polar surface area (TPSA) is 55.0 Å². The highest BCUT2D eigenvalue weighted by Crippen LogP contribution is 2.25. The number of ether oxygens (including phenoxy) is 1. The van der Waals surface area contributed by atoms with E-state index in [-0.39, 0.29) is 18.0 Å². The SMILES string of the molecule is COCc1nc(-c2c(C)cc(C)cc2F)cc(=O)[nH]1. The van der Waals surface area contributed by atoms with E-state index in [2.05, 4.69) is 9.97 Å². The number of rotatable bonds is 3. The summed E-state index contributed by atoms with van der Waals surface area (Å²) < 4.78 is 19.0. The quantitative estimate of drug-likeness (QED) is 0.923. The summed E-state index contributed by atoms with van der Waals surface area (Å²) in [5.41, 5.74) is 1.94. The van der Waals surface area contributed by atoms with E-state index in [0.717, 1.165) is 11.1 Å². The molecule has 0 atom stereocenters. The summed E-state index contributed by atoms with van der Waals surface area (Å²) >= 11 is 0. The van der Waals surface area contributed by atoms with Gasteiger partial charge in [-0.15, -0.1) is 0 Å². The fraction of sp³-hybridized carbons (Fsp3) is 0.286. The number of aromatic nitrogens is 2. The molecule has 2 aromatic rings. The largest absolute Gasteiger partial charge is 0.377 e. The summed E-state index contributed by atoms with van der Waals surface area (Å²) in [5.74, 6) is 0.00309. The molecule has 0 saturated carbocycles. The normalized spacial score (nSPS) is 10.7. The monoisotopic (exact) mass is 262 g/mol. The van der Waals surface area contributed by atoms with Crippen LogP contribution in [0.4, 0.5) is 4.39 Å². The van der Waals surface area contributed by atoms with Crippen molar-refractivity contribution in [3.05, 3.63) is 51.3 Å². The van der Waals surface area contributed by atoms with E-state index < -0.39 is 0 Å². The fourth-order valence-corrected chi connectivity index (χ4v) is 2.08. The molecule has 0 fully saturated rings. The Bertz CT molecular complexity index is 642. The Morgan fingerprint density at radius 1 is 1.32 bits per heavy atom. The lowest BCUT2D eigenvalue weighted by atomic mass is 10.0. The van der Waals surface area contributed by atoms with Crippen molar-refractivity contribution in [2.45, 2.75) is 20.5 Å². The molecule has 0 aliphatic heterocycles. The van der Waals surface area contributed by atoms with Crippen molar-refractivity contribution in [1.82, 2.24) is 9.97 Å². The zero-order chi connectivity index (χ0) is 14.0. The highest BCUT2D eigenvalue weighted by atomic mass is 19.1. The van der Waals surface area contributed by atoms with Gasteiger partial charge in [-0.2, -0.15) is 0 Å². The van der Waals surface area contributed by atoms with Gasteiger partial charge < -0.3 is 9.72 Å². The third kappa shape index (κ3) is 2.88. The zero-order valence-corrected chi connectivity index (χ0v) is 11.1. The molecular formula is C14H15FN2O2. The molecule has 0 spiro atoms. The van der Waals surface area contributed by atoms with E-state index in [9.17, 15) is 9.18 Å². The summed E-state index contributed by atoms with van der Waals surface area (Å²) in [6.07, 6.45) is 0. The Morgan fingerprint density at radius 3 is 2.68 bits per heavy atom. The Balaban J connectivity index is 2.62. The number of halogens is 1. The lowest BCUT2D eigenvalue weighted by molar-refractivity contribution is 0.177. The zero-order valence-electron chi connectivity index (χ0n) is 11.1. The Hall–Kier alpha value is -2.01. The van der Waals surface area contributed by atoms with Crippen molar-refractivity contribution < 1.29 is 9.13 Å². The van der Waals surface area contributed by atoms with Gasteiger partial charge in [-0.1, -0.05) is 6.07 Å². The number of hydrogen-bond donors (Lipinski definition) is 1. The van der Waals surface area contributed by atoms with Gasteiger partial charge in [0.15, 0.2) is 0 Å². The van der Waals surface area contributed by atoms with Crippen LogP contribution < -0.4 is 5.56 Å². The fourth-order valence-electron chi connectivity index (χ4n) is 2.08. The van der Waals surface area contributed by atoms with E-state index in [1.807, 2.05) is 13.0 Å². The smallest absolute Gasteiger partial charge is 0.251 e. The van der Waals surface area contributed by atoms with Crippen LogP contribution >= 0.6 is 0 Å². The first-order valence-corrected chi connectivity index (χ1v) is 5.87. The standard InChI is InChI=1S/C14H15FN2O2/c1-8-4-9(2)14(10(15)5-8)11-6-13(18)17-12(16-11)7-19-3/h4-6H,7H2,1-3H3,(H,16,17,18). The minimum Gasteiger partial charge on any atom is -0.377 e. The summed E-state index contributed by atoms with van der Waals surface area (Å²) in [6.45, 7) is 3.79. The van der Waals surface area contributed by atoms with Gasteiger partial charge in [0, 0.05) is 18.7 Å². The minimum atomic E-state index is -0.376. The number of nitrogens with one attached hydrogen (secondary N) is 1. The number of hydrogen-bond acceptors (Lipinski definition) is 3. The maximum Gasteiger partial charge on any atom is 0.251 e. The lowest BCUT2D eigenvalue weighted by Crippen LogP contribution is -2.12. The number of nitrogens with zero attached hydrogens (tertiary/aromatic N) is 1. The van der Waals surface area contributed by atoms with Crippen LogP contribution in [-0.2, 0) is 11.3 Å². The third-order valence-electron chi connectivity index (χ3n) is 2.76. The average Bonchev–Trinajstić information content (AvgIpc) is 2.26. The summed E-state index contributed by atoms with van der Waals surface area (Å²) in [4.78, 5) is 18.4. The first-order chi connectivity index (χ1) is 9.01. The van der Waals surface area contributed by atoms with E-state index in [1.165, 1.54) is 19.2 Å². The first-order valence-electron chi connectivity index (χ1n) is 5.87. The van der Waals surface area contributed by atoms with Crippen LogP contribution in [0.2, 0.25) is 0 Å². The first kappa shape index (κ1) is 13.4. The molecular weight excluding hydrogens is 247 g/mol. The predicted molar refractivity (Wildman–Crippen MR) is 70.4 cm³/mol. The molecule has 0 amide bonds. The van der Waals surface area contributed by atoms with E-state index in [1.54, 1.807) is 6.92 Å². The summed E-state index contributed by atoms with van der Waals surface area (Å²) in [6, 6.07) is 4.58. The maximum atomic E-state index is 14.1. The number of H-pyrrole nitrogens is 1. The molecule has 4 nitrogen and oxygen atoms in total. The van der Waals surface area contributed by atoms with Crippen molar-refractivity contribution in [2.75, 3.05) is 7.11 Å². The number of aromatic amines is 1. The van der Waals surface area contributed by atoms with E-state index >= 15 is 0 Å². The molecule has 0 aliphatic carbocycles. The molecule has 0 aliphatic rings. The highest BCUT2D eigenvalue weighted by molar-refractivity contribution is 5.64. The van der Waals surface area contributed by atoms with Crippen molar-refractivity contribution in [3.8, 4) is 11.3 Å². The number of benzene rings is 1. The van der Waals surface area contributed by atoms with Crippen molar-refractivity contribution in [2.24, 2.45) is 0 Å². The molecule has 5 heteroatoms. The van der Waals surface area contributed by atoms with Gasteiger partial charge in [-0.25, -0.2) is 9.37 Å². The number of methoxy groups -OCH3 is 1. The van der Waals surface area contributed by atoms with Gasteiger partial charge in [0.1, 0.15) is 18.2 Å². The summed E-state index contributed by atoms with van der Waals surface area (Å²) in [5, 5.41) is 0. The van der Waals surface area contributed by atoms with Gasteiger partial charge in [0.05, 0.1) is 5.69 Å². The van der Waals surface area contributed by atoms with Crippen LogP contribution in [0.1, 0.15) is 17.0 Å². The van der Waals surface area contributed by atoms with Crippen molar-refractivity contribution >= 4 is 0 Å². The summed E-state index contributed by atoms with van der Waals surface area (Å²) in [7, 11) is 1.50. The molecule has 0 bridgehead atoms. The molecule has 1 aromatic carbocycles. The van der Waals surface area contributed by atoms with Crippen LogP contribution in [0, 0.1) is 19.7 Å². The Morgan fingerprint density at radius 2 is 2.05 bits per heavy atom. The molecule has 0 unspecified atom stereocenters. The van der Waals surface area contributed by atoms with Crippen LogP contribution in [0.15, 0.2) is 23.0 Å². The van der Waals surface area contributed by atoms with Gasteiger partial charge in [-0.3, -0.25) is 4.79 Å². The number of aryl methyl sites for hydroxylation is 2. The molecule has 1 heterocycles. The lowest BCUT2D eigenvalue weighted by Gasteiger charge is -2.09. The predicted octanol–water partition coefficient (Wildman–Crippen LogP) is 2.34. The second kappa shape index (κ2) is 5.32. The van der Waals surface area contributed by atoms with Gasteiger partial charge in [0.25, 0.3) is 5.56 Å². The molecule has 0 saturated heterocycles. The maximum absolute atomic E-state index is 14.1. The minimum absolute atomic E-state index is 0.176. The molecule has 1 N–H and O–H groups in total.